The first kappa shape index (κ1) is 14.9. The van der Waals surface area contributed by atoms with Gasteiger partial charge in [-0.1, -0.05) is 0 Å². The van der Waals surface area contributed by atoms with Crippen LogP contribution in [0.1, 0.15) is 33.1 Å². The van der Waals surface area contributed by atoms with Crippen LogP contribution < -0.4 is 5.32 Å². The molecule has 0 bridgehead atoms. The Morgan fingerprint density at radius 1 is 1.31 bits per heavy atom. The van der Waals surface area contributed by atoms with Crippen LogP contribution >= 0.6 is 0 Å². The first-order valence-electron chi connectivity index (χ1n) is 5.61. The van der Waals surface area contributed by atoms with Gasteiger partial charge in [-0.05, 0) is 26.7 Å². The zero-order chi connectivity index (χ0) is 12.6. The van der Waals surface area contributed by atoms with E-state index in [1.165, 1.54) is 4.90 Å². The predicted octanol–water partition coefficient (Wildman–Crippen LogP) is 0.132. The molecule has 0 radical (unpaired) electrons. The Labute approximate surface area is 96.8 Å². The van der Waals surface area contributed by atoms with Gasteiger partial charge in [0.05, 0.1) is 6.54 Å². The summed E-state index contributed by atoms with van der Waals surface area (Å²) in [6.07, 6.45) is 1.66. The minimum atomic E-state index is -0.145. The Morgan fingerprint density at radius 2 is 1.94 bits per heavy atom. The number of nitrogens with zero attached hydrogens (tertiary/aromatic N) is 1. The summed E-state index contributed by atoms with van der Waals surface area (Å²) < 4.78 is 0. The van der Waals surface area contributed by atoms with Gasteiger partial charge in [0.25, 0.3) is 0 Å². The second-order valence-electron chi connectivity index (χ2n) is 4.15. The van der Waals surface area contributed by atoms with Crippen LogP contribution in [0.15, 0.2) is 0 Å². The van der Waals surface area contributed by atoms with Gasteiger partial charge in [0.2, 0.25) is 11.8 Å². The van der Waals surface area contributed by atoms with Gasteiger partial charge in [-0.2, -0.15) is 0 Å². The third-order valence-corrected chi connectivity index (χ3v) is 2.05. The van der Waals surface area contributed by atoms with Gasteiger partial charge in [0.15, 0.2) is 0 Å². The Kier molecular flexibility index (Phi) is 7.54. The van der Waals surface area contributed by atoms with Crippen LogP contribution in [0.2, 0.25) is 0 Å². The van der Waals surface area contributed by atoms with Crippen LogP contribution in [-0.2, 0) is 9.59 Å². The molecule has 2 N–H and O–H groups in total. The lowest BCUT2D eigenvalue weighted by Crippen LogP contribution is -2.40. The van der Waals surface area contributed by atoms with E-state index < -0.39 is 0 Å². The van der Waals surface area contributed by atoms with Crippen molar-refractivity contribution < 1.29 is 14.7 Å². The molecule has 0 fully saturated rings. The molecule has 0 aromatic rings. The molecule has 0 spiro atoms. The summed E-state index contributed by atoms with van der Waals surface area (Å²) in [5.74, 6) is -0.208. The van der Waals surface area contributed by atoms with Gasteiger partial charge < -0.3 is 15.3 Å². The monoisotopic (exact) mass is 230 g/mol. The van der Waals surface area contributed by atoms with Gasteiger partial charge in [0.1, 0.15) is 0 Å². The topological polar surface area (TPSA) is 69.6 Å². The highest BCUT2D eigenvalue weighted by Crippen LogP contribution is 1.98. The summed E-state index contributed by atoms with van der Waals surface area (Å²) in [6, 6.07) is 0.0883. The maximum absolute atomic E-state index is 11.5. The van der Waals surface area contributed by atoms with E-state index >= 15 is 0 Å². The number of unbranched alkanes of at least 4 members (excludes halogenated alkanes) is 1. The number of likely N-dealkylation sites (N-methyl/N-ethyl adjacent to an activating group) is 1. The lowest BCUT2D eigenvalue weighted by molar-refractivity contribution is -0.135. The van der Waals surface area contributed by atoms with Crippen molar-refractivity contribution in [3.63, 3.8) is 0 Å². The number of aliphatic hydroxyl groups excluding tert-OH is 1. The Hall–Kier alpha value is -1.10. The molecule has 0 heterocycles. The number of carbonyl (C=O) groups is 2. The standard InChI is InChI=1S/C11H22N2O3/c1-9(2)12-10(15)8-13(3)11(16)6-4-5-7-14/h9,14H,4-8H2,1-3H3,(H,12,15). The number of rotatable bonds is 7. The van der Waals surface area contributed by atoms with E-state index in [9.17, 15) is 9.59 Å². The molecule has 16 heavy (non-hydrogen) atoms. The highest BCUT2D eigenvalue weighted by Gasteiger charge is 2.12. The summed E-state index contributed by atoms with van der Waals surface area (Å²) in [5, 5.41) is 11.3. The zero-order valence-corrected chi connectivity index (χ0v) is 10.3. The van der Waals surface area contributed by atoms with Crippen molar-refractivity contribution in [2.24, 2.45) is 0 Å². The second-order valence-corrected chi connectivity index (χ2v) is 4.15. The summed E-state index contributed by atoms with van der Waals surface area (Å²) in [5.41, 5.74) is 0. The number of aliphatic hydroxyl groups is 1. The minimum Gasteiger partial charge on any atom is -0.396 e. The summed E-state index contributed by atoms with van der Waals surface area (Å²) >= 11 is 0. The Bertz CT molecular complexity index is 229. The smallest absolute Gasteiger partial charge is 0.239 e. The molecule has 0 aliphatic heterocycles. The third-order valence-electron chi connectivity index (χ3n) is 2.05. The van der Waals surface area contributed by atoms with E-state index in [4.69, 9.17) is 5.11 Å². The molecule has 5 heteroatoms. The van der Waals surface area contributed by atoms with Crippen molar-refractivity contribution in [3.8, 4) is 0 Å². The quantitative estimate of drug-likeness (QED) is 0.611. The van der Waals surface area contributed by atoms with Crippen molar-refractivity contribution in [1.82, 2.24) is 10.2 Å². The number of amides is 2. The zero-order valence-electron chi connectivity index (χ0n) is 10.3. The maximum Gasteiger partial charge on any atom is 0.239 e. The van der Waals surface area contributed by atoms with Crippen LogP contribution in [0.25, 0.3) is 0 Å². The predicted molar refractivity (Wildman–Crippen MR) is 61.9 cm³/mol. The van der Waals surface area contributed by atoms with Crippen LogP contribution in [0.5, 0.6) is 0 Å². The van der Waals surface area contributed by atoms with Crippen LogP contribution in [0.3, 0.4) is 0 Å². The molecule has 0 atom stereocenters. The van der Waals surface area contributed by atoms with Crippen LogP contribution in [0.4, 0.5) is 0 Å². The maximum atomic E-state index is 11.5. The molecular weight excluding hydrogens is 208 g/mol. The summed E-state index contributed by atoms with van der Waals surface area (Å²) in [4.78, 5) is 24.3. The van der Waals surface area contributed by atoms with Gasteiger partial charge >= 0.3 is 0 Å². The van der Waals surface area contributed by atoms with Gasteiger partial charge in [-0.15, -0.1) is 0 Å². The summed E-state index contributed by atoms with van der Waals surface area (Å²) in [6.45, 7) is 3.95. The first-order chi connectivity index (χ1) is 7.47. The molecule has 94 valence electrons. The van der Waals surface area contributed by atoms with Crippen molar-refractivity contribution in [2.45, 2.75) is 39.2 Å². The molecule has 0 saturated carbocycles. The molecule has 5 nitrogen and oxygen atoms in total. The van der Waals surface area contributed by atoms with E-state index in [0.717, 1.165) is 0 Å². The third kappa shape index (κ3) is 7.23. The molecule has 0 aliphatic carbocycles. The molecular formula is C11H22N2O3. The van der Waals surface area contributed by atoms with Crippen molar-refractivity contribution >= 4 is 11.8 Å². The molecule has 0 aliphatic rings. The molecule has 2 amide bonds. The number of hydrogen-bond donors (Lipinski definition) is 2. The van der Waals surface area contributed by atoms with Crippen molar-refractivity contribution in [1.29, 1.82) is 0 Å². The summed E-state index contributed by atoms with van der Waals surface area (Å²) in [7, 11) is 1.61. The lowest BCUT2D eigenvalue weighted by Gasteiger charge is -2.17. The van der Waals surface area contributed by atoms with Gasteiger partial charge in [-0.3, -0.25) is 9.59 Å². The minimum absolute atomic E-state index is 0.0626. The van der Waals surface area contributed by atoms with Crippen molar-refractivity contribution in [2.75, 3.05) is 20.2 Å². The van der Waals surface area contributed by atoms with E-state index in [1.54, 1.807) is 7.05 Å². The molecule has 0 aromatic carbocycles. The second kappa shape index (κ2) is 8.10. The van der Waals surface area contributed by atoms with Crippen molar-refractivity contribution in [3.05, 3.63) is 0 Å². The number of nitrogens with one attached hydrogen (secondary N) is 1. The average Bonchev–Trinajstić information content (AvgIpc) is 2.16. The first-order valence-corrected chi connectivity index (χ1v) is 5.61. The fourth-order valence-corrected chi connectivity index (χ4v) is 1.25. The fraction of sp³-hybridized carbons (Fsp3) is 0.818. The van der Waals surface area contributed by atoms with Gasteiger partial charge in [0, 0.05) is 26.1 Å². The highest BCUT2D eigenvalue weighted by molar-refractivity contribution is 5.84. The van der Waals surface area contributed by atoms with Gasteiger partial charge in [-0.25, -0.2) is 0 Å². The number of carbonyl (C=O) groups excluding carboxylic acids is 2. The Balaban J connectivity index is 3.81. The molecule has 0 unspecified atom stereocenters. The lowest BCUT2D eigenvalue weighted by atomic mass is 10.2. The van der Waals surface area contributed by atoms with Crippen LogP contribution in [0, 0.1) is 0 Å². The van der Waals surface area contributed by atoms with E-state index in [-0.39, 0.29) is 31.0 Å². The van der Waals surface area contributed by atoms with E-state index in [1.807, 2.05) is 13.8 Å². The SMILES string of the molecule is CC(C)NC(=O)CN(C)C(=O)CCCCO. The highest BCUT2D eigenvalue weighted by atomic mass is 16.3. The molecule has 0 rings (SSSR count). The molecule has 0 saturated heterocycles. The largest absolute Gasteiger partial charge is 0.396 e. The Morgan fingerprint density at radius 3 is 2.44 bits per heavy atom. The van der Waals surface area contributed by atoms with E-state index in [0.29, 0.717) is 19.3 Å². The molecule has 0 aromatic heterocycles. The number of hydrogen-bond acceptors (Lipinski definition) is 3. The fourth-order valence-electron chi connectivity index (χ4n) is 1.25. The average molecular weight is 230 g/mol. The normalized spacial score (nSPS) is 10.3. The van der Waals surface area contributed by atoms with E-state index in [2.05, 4.69) is 5.32 Å². The van der Waals surface area contributed by atoms with Crippen LogP contribution in [-0.4, -0.2) is 48.1 Å².